The zero-order chi connectivity index (χ0) is 18.3. The highest BCUT2D eigenvalue weighted by molar-refractivity contribution is 5.89. The molecule has 1 fully saturated rings. The lowest BCUT2D eigenvalue weighted by Crippen LogP contribution is -2.31. The maximum absolute atomic E-state index is 13.2. The molecule has 0 radical (unpaired) electrons. The first-order valence-corrected chi connectivity index (χ1v) is 9.06. The van der Waals surface area contributed by atoms with Gasteiger partial charge in [0.05, 0.1) is 18.7 Å². The van der Waals surface area contributed by atoms with Crippen molar-refractivity contribution in [1.82, 2.24) is 4.90 Å². The predicted molar refractivity (Wildman–Crippen MR) is 99.5 cm³/mol. The summed E-state index contributed by atoms with van der Waals surface area (Å²) >= 11 is 0. The van der Waals surface area contributed by atoms with Gasteiger partial charge in [0.2, 0.25) is 5.91 Å². The van der Waals surface area contributed by atoms with Crippen LogP contribution in [0.25, 0.3) is 11.0 Å². The minimum atomic E-state index is -0.250. The van der Waals surface area contributed by atoms with Crippen molar-refractivity contribution in [3.63, 3.8) is 0 Å². The number of nitrogens with zero attached hydrogens (tertiary/aromatic N) is 1. The monoisotopic (exact) mass is 351 g/mol. The average Bonchev–Trinajstić information content (AvgIpc) is 3.26. The molecular formula is C22H22FNO2. The summed E-state index contributed by atoms with van der Waals surface area (Å²) in [7, 11) is 0. The maximum atomic E-state index is 13.2. The number of aryl methyl sites for hydroxylation is 2. The van der Waals surface area contributed by atoms with E-state index in [0.29, 0.717) is 6.42 Å². The van der Waals surface area contributed by atoms with E-state index < -0.39 is 0 Å². The van der Waals surface area contributed by atoms with Crippen LogP contribution in [0.4, 0.5) is 4.39 Å². The molecule has 2 heterocycles. The number of fused-ring (bicyclic) bond motifs is 1. The van der Waals surface area contributed by atoms with E-state index in [2.05, 4.69) is 13.0 Å². The molecule has 1 aliphatic rings. The lowest BCUT2D eigenvalue weighted by molar-refractivity contribution is -0.131. The van der Waals surface area contributed by atoms with Gasteiger partial charge in [-0.1, -0.05) is 24.3 Å². The third-order valence-electron chi connectivity index (χ3n) is 5.51. The second-order valence-electron chi connectivity index (χ2n) is 7.12. The van der Waals surface area contributed by atoms with Crippen LogP contribution in [0.15, 0.2) is 47.1 Å². The van der Waals surface area contributed by atoms with Crippen LogP contribution in [0.3, 0.4) is 0 Å². The average molecular weight is 351 g/mol. The normalized spacial score (nSPS) is 17.2. The molecule has 3 nitrogen and oxygen atoms in total. The predicted octanol–water partition coefficient (Wildman–Crippen LogP) is 5.09. The highest BCUT2D eigenvalue weighted by atomic mass is 19.1. The number of hydrogen-bond acceptors (Lipinski definition) is 2. The Balaban J connectivity index is 1.58. The van der Waals surface area contributed by atoms with Gasteiger partial charge in [-0.15, -0.1) is 0 Å². The lowest BCUT2D eigenvalue weighted by Gasteiger charge is -2.25. The van der Waals surface area contributed by atoms with E-state index in [1.54, 1.807) is 18.4 Å². The Morgan fingerprint density at radius 1 is 1.19 bits per heavy atom. The molecule has 1 atom stereocenters. The van der Waals surface area contributed by atoms with E-state index in [-0.39, 0.29) is 17.8 Å². The standard InChI is InChI=1S/C22H22FNO2/c1-14-5-10-19-17(13-26-22(19)15(14)2)12-21(25)24-11-3-4-20(24)16-6-8-18(23)9-7-16/h5-10,13,20H,3-4,11-12H2,1-2H3. The van der Waals surface area contributed by atoms with Gasteiger partial charge < -0.3 is 9.32 Å². The van der Waals surface area contributed by atoms with Crippen LogP contribution in [0, 0.1) is 19.7 Å². The van der Waals surface area contributed by atoms with Crippen molar-refractivity contribution in [3.05, 3.63) is 70.7 Å². The van der Waals surface area contributed by atoms with E-state index in [0.717, 1.165) is 47.0 Å². The fraction of sp³-hybridized carbons (Fsp3) is 0.318. The summed E-state index contributed by atoms with van der Waals surface area (Å²) in [5.41, 5.74) is 5.09. The van der Waals surface area contributed by atoms with Crippen LogP contribution in [0.2, 0.25) is 0 Å². The minimum absolute atomic E-state index is 0.0326. The lowest BCUT2D eigenvalue weighted by atomic mass is 10.0. The molecule has 4 heteroatoms. The number of halogens is 1. The van der Waals surface area contributed by atoms with Crippen LogP contribution < -0.4 is 0 Å². The van der Waals surface area contributed by atoms with Gasteiger partial charge in [0.15, 0.2) is 0 Å². The molecule has 4 rings (SSSR count). The molecule has 26 heavy (non-hydrogen) atoms. The number of likely N-dealkylation sites (tertiary alicyclic amines) is 1. The first-order valence-electron chi connectivity index (χ1n) is 9.06. The number of benzene rings is 2. The zero-order valence-electron chi connectivity index (χ0n) is 15.1. The highest BCUT2D eigenvalue weighted by Gasteiger charge is 2.30. The molecule has 1 amide bonds. The molecule has 1 aliphatic heterocycles. The van der Waals surface area contributed by atoms with Crippen molar-refractivity contribution in [2.45, 2.75) is 39.2 Å². The van der Waals surface area contributed by atoms with Crippen molar-refractivity contribution >= 4 is 16.9 Å². The maximum Gasteiger partial charge on any atom is 0.227 e. The molecule has 2 aromatic carbocycles. The van der Waals surface area contributed by atoms with E-state index in [4.69, 9.17) is 4.42 Å². The van der Waals surface area contributed by atoms with Gasteiger partial charge in [0, 0.05) is 17.5 Å². The Kier molecular flexibility index (Phi) is 4.27. The number of carbonyl (C=O) groups excluding carboxylic acids is 1. The number of carbonyl (C=O) groups is 1. The van der Waals surface area contributed by atoms with Gasteiger partial charge >= 0.3 is 0 Å². The first kappa shape index (κ1) is 16.8. The Morgan fingerprint density at radius 3 is 2.73 bits per heavy atom. The number of furan rings is 1. The fourth-order valence-electron chi connectivity index (χ4n) is 3.89. The summed E-state index contributed by atoms with van der Waals surface area (Å²) in [5.74, 6) is -0.155. The van der Waals surface area contributed by atoms with E-state index >= 15 is 0 Å². The van der Waals surface area contributed by atoms with Gasteiger partial charge in [0.1, 0.15) is 11.4 Å². The zero-order valence-corrected chi connectivity index (χ0v) is 15.1. The second kappa shape index (κ2) is 6.60. The molecule has 3 aromatic rings. The molecule has 1 aromatic heterocycles. The summed E-state index contributed by atoms with van der Waals surface area (Å²) in [6.45, 7) is 4.84. The molecule has 0 aliphatic carbocycles. The quantitative estimate of drug-likeness (QED) is 0.658. The van der Waals surface area contributed by atoms with Crippen molar-refractivity contribution in [2.75, 3.05) is 6.54 Å². The summed E-state index contributed by atoms with van der Waals surface area (Å²) in [5, 5.41) is 1.01. The van der Waals surface area contributed by atoms with Crippen LogP contribution in [-0.4, -0.2) is 17.4 Å². The van der Waals surface area contributed by atoms with Crippen molar-refractivity contribution in [2.24, 2.45) is 0 Å². The molecule has 0 bridgehead atoms. The topological polar surface area (TPSA) is 33.5 Å². The summed E-state index contributed by atoms with van der Waals surface area (Å²) in [4.78, 5) is 14.9. The van der Waals surface area contributed by atoms with Gasteiger partial charge in [-0.2, -0.15) is 0 Å². The van der Waals surface area contributed by atoms with Gasteiger partial charge in [-0.3, -0.25) is 4.79 Å². The van der Waals surface area contributed by atoms with Crippen LogP contribution in [-0.2, 0) is 11.2 Å². The van der Waals surface area contributed by atoms with Crippen molar-refractivity contribution < 1.29 is 13.6 Å². The van der Waals surface area contributed by atoms with E-state index in [9.17, 15) is 9.18 Å². The summed E-state index contributed by atoms with van der Waals surface area (Å²) in [6, 6.07) is 10.6. The smallest absolute Gasteiger partial charge is 0.227 e. The summed E-state index contributed by atoms with van der Waals surface area (Å²) < 4.78 is 18.9. The van der Waals surface area contributed by atoms with Crippen molar-refractivity contribution in [1.29, 1.82) is 0 Å². The second-order valence-corrected chi connectivity index (χ2v) is 7.12. The van der Waals surface area contributed by atoms with Crippen LogP contribution in [0.5, 0.6) is 0 Å². The third kappa shape index (κ3) is 2.90. The number of rotatable bonds is 3. The molecule has 0 N–H and O–H groups in total. The number of hydrogen-bond donors (Lipinski definition) is 0. The highest BCUT2D eigenvalue weighted by Crippen LogP contribution is 2.33. The largest absolute Gasteiger partial charge is 0.464 e. The van der Waals surface area contributed by atoms with E-state index in [1.165, 1.54) is 17.7 Å². The first-order chi connectivity index (χ1) is 12.5. The van der Waals surface area contributed by atoms with Crippen LogP contribution in [0.1, 0.15) is 41.1 Å². The van der Waals surface area contributed by atoms with E-state index in [1.807, 2.05) is 17.9 Å². The van der Waals surface area contributed by atoms with Crippen molar-refractivity contribution in [3.8, 4) is 0 Å². The summed E-state index contributed by atoms with van der Waals surface area (Å²) in [6.07, 6.45) is 3.92. The van der Waals surface area contributed by atoms with Gasteiger partial charge in [0.25, 0.3) is 0 Å². The molecule has 0 spiro atoms. The fourth-order valence-corrected chi connectivity index (χ4v) is 3.89. The Hall–Kier alpha value is -2.62. The third-order valence-corrected chi connectivity index (χ3v) is 5.51. The molecular weight excluding hydrogens is 329 g/mol. The Morgan fingerprint density at radius 2 is 1.96 bits per heavy atom. The Bertz CT molecular complexity index is 958. The Labute approximate surface area is 152 Å². The van der Waals surface area contributed by atoms with Gasteiger partial charge in [-0.25, -0.2) is 4.39 Å². The SMILES string of the molecule is Cc1ccc2c(CC(=O)N3CCCC3c3ccc(F)cc3)coc2c1C. The van der Waals surface area contributed by atoms with Crippen LogP contribution >= 0.6 is 0 Å². The molecule has 1 unspecified atom stereocenters. The number of amides is 1. The molecule has 0 saturated carbocycles. The minimum Gasteiger partial charge on any atom is -0.464 e. The molecule has 134 valence electrons. The van der Waals surface area contributed by atoms with Gasteiger partial charge in [-0.05, 0) is 55.5 Å². The molecule has 1 saturated heterocycles.